The molecule has 1 N–H and O–H groups in total. The highest BCUT2D eigenvalue weighted by atomic mass is 32.2. The second kappa shape index (κ2) is 10.2. The van der Waals surface area contributed by atoms with E-state index in [1.54, 1.807) is 7.11 Å². The minimum atomic E-state index is 0.700. The Morgan fingerprint density at radius 3 is 2.88 bits per heavy atom. The van der Waals surface area contributed by atoms with Gasteiger partial charge in [-0.15, -0.1) is 0 Å². The van der Waals surface area contributed by atoms with E-state index >= 15 is 0 Å². The largest absolute Gasteiger partial charge is 0.382 e. The average Bonchev–Trinajstić information content (AvgIpc) is 2.76. The lowest BCUT2D eigenvalue weighted by molar-refractivity contribution is 0.0692. The number of hydrogen-bond acceptors (Lipinski definition) is 4. The Bertz CT molecular complexity index is 181. The van der Waals surface area contributed by atoms with E-state index in [-0.39, 0.29) is 0 Å². The molecule has 0 aromatic heterocycles. The molecule has 0 amide bonds. The third-order valence-electron chi connectivity index (χ3n) is 3.12. The Kier molecular flexibility index (Phi) is 9.16. The molecule has 1 saturated carbocycles. The molecule has 3 nitrogen and oxygen atoms in total. The van der Waals surface area contributed by atoms with Crippen LogP contribution >= 0.6 is 11.8 Å². The van der Waals surface area contributed by atoms with Crippen LogP contribution in [0.25, 0.3) is 0 Å². The van der Waals surface area contributed by atoms with Crippen molar-refractivity contribution in [3.05, 3.63) is 0 Å². The van der Waals surface area contributed by atoms with Crippen LogP contribution in [0.1, 0.15) is 32.6 Å². The maximum Gasteiger partial charge on any atom is 0.0700 e. The summed E-state index contributed by atoms with van der Waals surface area (Å²) in [7, 11) is 1.70. The van der Waals surface area contributed by atoms with Gasteiger partial charge < -0.3 is 14.8 Å². The average molecular weight is 261 g/mol. The fraction of sp³-hybridized carbons (Fsp3) is 1.00. The van der Waals surface area contributed by atoms with Gasteiger partial charge in [-0.3, -0.25) is 0 Å². The van der Waals surface area contributed by atoms with Gasteiger partial charge in [0, 0.05) is 25.0 Å². The first kappa shape index (κ1) is 15.3. The molecular formula is C13H27NO2S. The zero-order valence-corrected chi connectivity index (χ0v) is 12.1. The molecule has 1 aliphatic carbocycles. The van der Waals surface area contributed by atoms with E-state index in [4.69, 9.17) is 9.47 Å². The molecule has 4 heteroatoms. The molecule has 0 aromatic carbocycles. The summed E-state index contributed by atoms with van der Waals surface area (Å²) in [6, 6.07) is 0.748. The van der Waals surface area contributed by atoms with Crippen molar-refractivity contribution in [2.24, 2.45) is 0 Å². The molecule has 0 aromatic rings. The van der Waals surface area contributed by atoms with Crippen LogP contribution in [0, 0.1) is 0 Å². The van der Waals surface area contributed by atoms with E-state index in [1.807, 2.05) is 0 Å². The Morgan fingerprint density at radius 1 is 1.24 bits per heavy atom. The fourth-order valence-corrected chi connectivity index (χ4v) is 3.38. The number of ether oxygens (including phenoxy) is 2. The van der Waals surface area contributed by atoms with Crippen molar-refractivity contribution < 1.29 is 9.47 Å². The molecule has 102 valence electrons. The van der Waals surface area contributed by atoms with E-state index < -0.39 is 0 Å². The highest BCUT2D eigenvalue weighted by Crippen LogP contribution is 2.29. The zero-order chi connectivity index (χ0) is 12.3. The molecule has 0 saturated heterocycles. The first-order chi connectivity index (χ1) is 8.36. The van der Waals surface area contributed by atoms with Crippen LogP contribution in [0.15, 0.2) is 0 Å². The fourth-order valence-electron chi connectivity index (χ4n) is 2.24. The van der Waals surface area contributed by atoms with Gasteiger partial charge in [-0.2, -0.15) is 11.8 Å². The van der Waals surface area contributed by atoms with Crippen molar-refractivity contribution in [1.82, 2.24) is 5.32 Å². The molecule has 1 rings (SSSR count). The summed E-state index contributed by atoms with van der Waals surface area (Å²) in [6.45, 7) is 5.60. The van der Waals surface area contributed by atoms with E-state index in [0.717, 1.165) is 37.5 Å². The lowest BCUT2D eigenvalue weighted by Gasteiger charge is -2.13. The maximum atomic E-state index is 5.43. The first-order valence-corrected chi connectivity index (χ1v) is 7.83. The van der Waals surface area contributed by atoms with Gasteiger partial charge in [0.1, 0.15) is 0 Å². The highest BCUT2D eigenvalue weighted by molar-refractivity contribution is 7.99. The van der Waals surface area contributed by atoms with Crippen LogP contribution in [0.4, 0.5) is 0 Å². The van der Waals surface area contributed by atoms with Gasteiger partial charge in [0.05, 0.1) is 13.2 Å². The molecule has 0 aliphatic heterocycles. The summed E-state index contributed by atoms with van der Waals surface area (Å²) < 4.78 is 10.4. The minimum absolute atomic E-state index is 0.700. The molecule has 0 heterocycles. The van der Waals surface area contributed by atoms with Crippen molar-refractivity contribution in [2.75, 3.05) is 39.2 Å². The second-order valence-corrected chi connectivity index (χ2v) is 6.08. The third kappa shape index (κ3) is 7.29. The maximum absolute atomic E-state index is 5.43. The van der Waals surface area contributed by atoms with Crippen molar-refractivity contribution in [3.63, 3.8) is 0 Å². The van der Waals surface area contributed by atoms with Crippen LogP contribution in [-0.4, -0.2) is 50.5 Å². The Labute approximate surface area is 110 Å². The van der Waals surface area contributed by atoms with Gasteiger partial charge in [-0.1, -0.05) is 6.92 Å². The Hall–Kier alpha value is 0.230. The summed E-state index contributed by atoms with van der Waals surface area (Å²) in [5.41, 5.74) is 0. The molecule has 2 atom stereocenters. The monoisotopic (exact) mass is 261 g/mol. The van der Waals surface area contributed by atoms with Crippen molar-refractivity contribution in [1.29, 1.82) is 0 Å². The number of hydrogen-bond donors (Lipinski definition) is 1. The van der Waals surface area contributed by atoms with Gasteiger partial charge in [0.25, 0.3) is 0 Å². The smallest absolute Gasteiger partial charge is 0.0700 e. The minimum Gasteiger partial charge on any atom is -0.382 e. The first-order valence-electron chi connectivity index (χ1n) is 6.78. The quantitative estimate of drug-likeness (QED) is 0.611. The zero-order valence-electron chi connectivity index (χ0n) is 11.2. The molecular weight excluding hydrogens is 234 g/mol. The molecule has 0 spiro atoms. The lowest BCUT2D eigenvalue weighted by atomic mass is 10.2. The Balaban J connectivity index is 1.87. The lowest BCUT2D eigenvalue weighted by Crippen LogP contribution is -2.28. The summed E-state index contributed by atoms with van der Waals surface area (Å²) in [5.74, 6) is 1.25. The van der Waals surface area contributed by atoms with Gasteiger partial charge in [-0.25, -0.2) is 0 Å². The highest BCUT2D eigenvalue weighted by Gasteiger charge is 2.23. The summed E-state index contributed by atoms with van der Waals surface area (Å²) in [4.78, 5) is 0. The van der Waals surface area contributed by atoms with Crippen LogP contribution in [-0.2, 0) is 9.47 Å². The van der Waals surface area contributed by atoms with Crippen molar-refractivity contribution in [3.8, 4) is 0 Å². The number of rotatable bonds is 10. The standard InChI is InChI=1S/C13H27NO2S/c1-3-17-13-6-5-12(11-13)14-7-4-8-16-10-9-15-2/h12-14H,3-11H2,1-2H3. The topological polar surface area (TPSA) is 30.5 Å². The molecule has 0 bridgehead atoms. The predicted octanol–water partition coefficient (Wildman–Crippen LogP) is 2.30. The van der Waals surface area contributed by atoms with Crippen molar-refractivity contribution in [2.45, 2.75) is 43.9 Å². The number of methoxy groups -OCH3 is 1. The van der Waals surface area contributed by atoms with E-state index in [9.17, 15) is 0 Å². The molecule has 0 radical (unpaired) electrons. The summed E-state index contributed by atoms with van der Waals surface area (Å²) in [5, 5.41) is 4.53. The number of thioether (sulfide) groups is 1. The SMILES string of the molecule is CCSC1CCC(NCCCOCCOC)C1. The van der Waals surface area contributed by atoms with E-state index in [2.05, 4.69) is 24.0 Å². The van der Waals surface area contributed by atoms with Crippen LogP contribution < -0.4 is 5.32 Å². The summed E-state index contributed by atoms with van der Waals surface area (Å²) in [6.07, 6.45) is 5.19. The van der Waals surface area contributed by atoms with Crippen LogP contribution in [0.5, 0.6) is 0 Å². The van der Waals surface area contributed by atoms with E-state index in [0.29, 0.717) is 6.61 Å². The Morgan fingerprint density at radius 2 is 2.12 bits per heavy atom. The molecule has 1 aliphatic rings. The molecule has 2 unspecified atom stereocenters. The molecule has 17 heavy (non-hydrogen) atoms. The second-order valence-electron chi connectivity index (χ2n) is 4.50. The normalized spacial score (nSPS) is 24.4. The van der Waals surface area contributed by atoms with E-state index in [1.165, 1.54) is 25.0 Å². The van der Waals surface area contributed by atoms with Crippen LogP contribution in [0.2, 0.25) is 0 Å². The number of nitrogens with one attached hydrogen (secondary N) is 1. The molecule has 1 fully saturated rings. The van der Waals surface area contributed by atoms with Gasteiger partial charge in [0.2, 0.25) is 0 Å². The van der Waals surface area contributed by atoms with Gasteiger partial charge in [0.15, 0.2) is 0 Å². The third-order valence-corrected chi connectivity index (χ3v) is 4.35. The predicted molar refractivity (Wildman–Crippen MR) is 74.9 cm³/mol. The van der Waals surface area contributed by atoms with Gasteiger partial charge >= 0.3 is 0 Å². The summed E-state index contributed by atoms with van der Waals surface area (Å²) >= 11 is 2.12. The van der Waals surface area contributed by atoms with Gasteiger partial charge in [-0.05, 0) is 38.0 Å². The van der Waals surface area contributed by atoms with Crippen LogP contribution in [0.3, 0.4) is 0 Å². The van der Waals surface area contributed by atoms with Crippen molar-refractivity contribution >= 4 is 11.8 Å².